The molecule has 0 saturated carbocycles. The van der Waals surface area contributed by atoms with Crippen LogP contribution in [0.5, 0.6) is 0 Å². The highest BCUT2D eigenvalue weighted by molar-refractivity contribution is 7.80. The van der Waals surface area contributed by atoms with E-state index in [1.807, 2.05) is 50.4 Å². The number of hydrogen-bond acceptors (Lipinski definition) is 3. The highest BCUT2D eigenvalue weighted by atomic mass is 32.1. The van der Waals surface area contributed by atoms with Gasteiger partial charge in [0.2, 0.25) is 5.91 Å². The maximum absolute atomic E-state index is 13.1. The molecule has 206 valence electrons. The van der Waals surface area contributed by atoms with Gasteiger partial charge < -0.3 is 20.1 Å². The third-order valence-electron chi connectivity index (χ3n) is 7.84. The standard InChI is InChI=1S/C33H37N5OS/c1-6-25-12-14-26(15-13-25)38-23(4)20-27(24(38)5)32-31(28-9-7-8-17-34-28)36-33(40)37(32)18-16-30(39)35-29-19-21(2)10-11-22(29)3/h7-15,17,19-20,31-32H,6,16,18H2,1-5H3,(H,35,39)(H,36,40)/t31-,32+/m0/s1. The minimum absolute atomic E-state index is 0.0296. The molecular formula is C33H37N5OS. The smallest absolute Gasteiger partial charge is 0.226 e. The maximum atomic E-state index is 13.1. The zero-order chi connectivity index (χ0) is 28.4. The van der Waals surface area contributed by atoms with Crippen LogP contribution in [-0.2, 0) is 11.2 Å². The fourth-order valence-corrected chi connectivity index (χ4v) is 5.99. The average Bonchev–Trinajstić information content (AvgIpc) is 3.44. The summed E-state index contributed by atoms with van der Waals surface area (Å²) in [7, 11) is 0. The molecule has 1 amide bonds. The van der Waals surface area contributed by atoms with Gasteiger partial charge in [-0.3, -0.25) is 9.78 Å². The third kappa shape index (κ3) is 5.52. The van der Waals surface area contributed by atoms with Crippen LogP contribution in [0.2, 0.25) is 0 Å². The van der Waals surface area contributed by atoms with Crippen LogP contribution < -0.4 is 10.6 Å². The number of hydrogen-bond donors (Lipinski definition) is 2. The molecule has 4 aromatic rings. The molecule has 0 radical (unpaired) electrons. The molecule has 1 aliphatic heterocycles. The molecule has 1 aliphatic rings. The molecule has 5 rings (SSSR count). The zero-order valence-corrected chi connectivity index (χ0v) is 24.7. The highest BCUT2D eigenvalue weighted by Crippen LogP contribution is 2.41. The molecule has 6 nitrogen and oxygen atoms in total. The summed E-state index contributed by atoms with van der Waals surface area (Å²) in [4.78, 5) is 19.9. The number of carbonyl (C=O) groups excluding carboxylic acids is 1. The van der Waals surface area contributed by atoms with Crippen LogP contribution in [0.3, 0.4) is 0 Å². The van der Waals surface area contributed by atoms with Crippen molar-refractivity contribution >= 4 is 28.9 Å². The first-order valence-corrected chi connectivity index (χ1v) is 14.3. The van der Waals surface area contributed by atoms with Gasteiger partial charge in [0.1, 0.15) is 0 Å². The van der Waals surface area contributed by atoms with Crippen LogP contribution >= 0.6 is 12.2 Å². The summed E-state index contributed by atoms with van der Waals surface area (Å²) in [5.74, 6) is -0.0296. The lowest BCUT2D eigenvalue weighted by molar-refractivity contribution is -0.116. The van der Waals surface area contributed by atoms with E-state index in [9.17, 15) is 4.79 Å². The predicted molar refractivity (Wildman–Crippen MR) is 166 cm³/mol. The molecule has 2 atom stereocenters. The van der Waals surface area contributed by atoms with Crippen LogP contribution in [0.15, 0.2) is 72.9 Å². The lowest BCUT2D eigenvalue weighted by Gasteiger charge is -2.28. The van der Waals surface area contributed by atoms with E-state index in [1.165, 1.54) is 11.1 Å². The molecule has 7 heteroatoms. The average molecular weight is 552 g/mol. The molecule has 1 saturated heterocycles. The monoisotopic (exact) mass is 551 g/mol. The highest BCUT2D eigenvalue weighted by Gasteiger charge is 2.41. The second-order valence-electron chi connectivity index (χ2n) is 10.6. The van der Waals surface area contributed by atoms with Gasteiger partial charge in [0.05, 0.1) is 17.8 Å². The van der Waals surface area contributed by atoms with Crippen molar-refractivity contribution in [2.75, 3.05) is 11.9 Å². The predicted octanol–water partition coefficient (Wildman–Crippen LogP) is 6.67. The first kappa shape index (κ1) is 27.6. The molecule has 0 aliphatic carbocycles. The van der Waals surface area contributed by atoms with Gasteiger partial charge in [0.15, 0.2) is 5.11 Å². The Balaban J connectivity index is 1.46. The van der Waals surface area contributed by atoms with E-state index in [0.29, 0.717) is 18.1 Å². The van der Waals surface area contributed by atoms with Crippen molar-refractivity contribution in [1.29, 1.82) is 0 Å². The Kier molecular flexibility index (Phi) is 8.03. The fraction of sp³-hybridized carbons (Fsp3) is 0.303. The van der Waals surface area contributed by atoms with E-state index >= 15 is 0 Å². The van der Waals surface area contributed by atoms with E-state index in [2.05, 4.69) is 82.3 Å². The molecule has 0 spiro atoms. The van der Waals surface area contributed by atoms with Crippen molar-refractivity contribution < 1.29 is 4.79 Å². The number of amides is 1. The Morgan fingerprint density at radius 2 is 1.80 bits per heavy atom. The minimum Gasteiger partial charge on any atom is -0.352 e. The van der Waals surface area contributed by atoms with Gasteiger partial charge in [-0.15, -0.1) is 0 Å². The van der Waals surface area contributed by atoms with Gasteiger partial charge in [-0.1, -0.05) is 37.3 Å². The van der Waals surface area contributed by atoms with E-state index in [4.69, 9.17) is 12.2 Å². The normalized spacial score (nSPS) is 16.7. The molecule has 40 heavy (non-hydrogen) atoms. The van der Waals surface area contributed by atoms with E-state index in [1.54, 1.807) is 0 Å². The summed E-state index contributed by atoms with van der Waals surface area (Å²) in [6.45, 7) is 11.0. The number of aromatic nitrogens is 2. The maximum Gasteiger partial charge on any atom is 0.226 e. The lowest BCUT2D eigenvalue weighted by atomic mass is 9.96. The first-order chi connectivity index (χ1) is 19.3. The summed E-state index contributed by atoms with van der Waals surface area (Å²) in [6, 6.07) is 22.8. The molecule has 0 unspecified atom stereocenters. The molecule has 1 fully saturated rings. The van der Waals surface area contributed by atoms with Crippen molar-refractivity contribution in [1.82, 2.24) is 19.8 Å². The Morgan fingerprint density at radius 1 is 1.02 bits per heavy atom. The number of aryl methyl sites for hydroxylation is 4. The Morgan fingerprint density at radius 3 is 2.50 bits per heavy atom. The van der Waals surface area contributed by atoms with Crippen molar-refractivity contribution in [3.63, 3.8) is 0 Å². The largest absolute Gasteiger partial charge is 0.352 e. The number of thiocarbonyl (C=S) groups is 1. The topological polar surface area (TPSA) is 62.2 Å². The lowest BCUT2D eigenvalue weighted by Crippen LogP contribution is -2.33. The van der Waals surface area contributed by atoms with Gasteiger partial charge in [0.25, 0.3) is 0 Å². The minimum atomic E-state index is -0.132. The van der Waals surface area contributed by atoms with Crippen molar-refractivity contribution in [3.8, 4) is 5.69 Å². The SMILES string of the molecule is CCc1ccc(-n2c(C)cc([C@@H]3[C@H](c4ccccn4)NC(=S)N3CCC(=O)Nc3cc(C)ccc3C)c2C)cc1. The number of carbonyl (C=O) groups is 1. The van der Waals surface area contributed by atoms with Crippen molar-refractivity contribution in [3.05, 3.63) is 112 Å². The zero-order valence-electron chi connectivity index (χ0n) is 23.9. The number of benzene rings is 2. The molecule has 0 bridgehead atoms. The second kappa shape index (κ2) is 11.6. The van der Waals surface area contributed by atoms with Crippen LogP contribution in [-0.4, -0.2) is 32.0 Å². The number of nitrogens with zero attached hydrogens (tertiary/aromatic N) is 3. The van der Waals surface area contributed by atoms with Gasteiger partial charge >= 0.3 is 0 Å². The summed E-state index contributed by atoms with van der Waals surface area (Å²) in [5.41, 5.74) is 9.88. The van der Waals surface area contributed by atoms with Crippen molar-refractivity contribution in [2.45, 2.75) is 59.5 Å². The molecule has 2 aromatic heterocycles. The fourth-order valence-electron chi connectivity index (χ4n) is 5.66. The number of nitrogens with one attached hydrogen (secondary N) is 2. The van der Waals surface area contributed by atoms with Gasteiger partial charge in [-0.2, -0.15) is 0 Å². The first-order valence-electron chi connectivity index (χ1n) is 13.9. The third-order valence-corrected chi connectivity index (χ3v) is 8.19. The van der Waals surface area contributed by atoms with Crippen LogP contribution in [0.25, 0.3) is 5.69 Å². The van der Waals surface area contributed by atoms with E-state index in [-0.39, 0.29) is 18.0 Å². The summed E-state index contributed by atoms with van der Waals surface area (Å²) in [6.07, 6.45) is 3.14. The van der Waals surface area contributed by atoms with Crippen molar-refractivity contribution in [2.24, 2.45) is 0 Å². The molecule has 3 heterocycles. The Bertz CT molecular complexity index is 1530. The van der Waals surface area contributed by atoms with Crippen LogP contribution in [0, 0.1) is 27.7 Å². The summed E-state index contributed by atoms with van der Waals surface area (Å²) >= 11 is 5.87. The Hall–Kier alpha value is -3.97. The summed E-state index contributed by atoms with van der Waals surface area (Å²) < 4.78 is 2.30. The molecule has 2 N–H and O–H groups in total. The van der Waals surface area contributed by atoms with Gasteiger partial charge in [-0.05, 0) is 105 Å². The summed E-state index contributed by atoms with van der Waals surface area (Å²) in [5, 5.41) is 7.26. The quantitative estimate of drug-likeness (QED) is 0.240. The Labute approximate surface area is 242 Å². The van der Waals surface area contributed by atoms with E-state index < -0.39 is 0 Å². The van der Waals surface area contributed by atoms with Gasteiger partial charge in [0, 0.05) is 41.9 Å². The van der Waals surface area contributed by atoms with E-state index in [0.717, 1.165) is 46.0 Å². The molecular weight excluding hydrogens is 514 g/mol. The number of anilines is 1. The number of rotatable bonds is 8. The number of pyridine rings is 1. The van der Waals surface area contributed by atoms with Crippen LogP contribution in [0.1, 0.15) is 64.8 Å². The van der Waals surface area contributed by atoms with Crippen LogP contribution in [0.4, 0.5) is 5.69 Å². The second-order valence-corrected chi connectivity index (χ2v) is 11.0. The van der Waals surface area contributed by atoms with Gasteiger partial charge in [-0.25, -0.2) is 0 Å². The molecule has 2 aromatic carbocycles.